The Bertz CT molecular complexity index is 569. The van der Waals surface area contributed by atoms with Gasteiger partial charge in [0.05, 0.1) is 4.90 Å². The van der Waals surface area contributed by atoms with Gasteiger partial charge < -0.3 is 10.1 Å². The number of hydrogen-bond acceptors (Lipinski definition) is 4. The number of hydrogen-bond donors (Lipinski definition) is 2. The lowest BCUT2D eigenvalue weighted by molar-refractivity contribution is -0.126. The summed E-state index contributed by atoms with van der Waals surface area (Å²) in [6, 6.07) is 5.85. The highest BCUT2D eigenvalue weighted by Gasteiger charge is 2.17. The lowest BCUT2D eigenvalue weighted by Gasteiger charge is -2.14. The molecule has 1 aromatic rings. The third kappa shape index (κ3) is 5.02. The Morgan fingerprint density at radius 3 is 2.29 bits per heavy atom. The molecular formula is C14H22N2O4S. The van der Waals surface area contributed by atoms with Crippen LogP contribution in [0.4, 0.5) is 0 Å². The maximum absolute atomic E-state index is 12.1. The standard InChI is InChI=1S/C14H22N2O4S/c1-5-10(2)16-21(18,19)13-8-6-12(7-9-13)20-11(3)14(17)15-4/h6-11,16H,5H2,1-4H3,(H,15,17)/t10-,11-/m1/s1. The summed E-state index contributed by atoms with van der Waals surface area (Å²) in [5.41, 5.74) is 0. The number of rotatable bonds is 7. The van der Waals surface area contributed by atoms with Gasteiger partial charge in [0.15, 0.2) is 6.10 Å². The second kappa shape index (κ2) is 7.42. The number of nitrogens with one attached hydrogen (secondary N) is 2. The topological polar surface area (TPSA) is 84.5 Å². The fraction of sp³-hybridized carbons (Fsp3) is 0.500. The van der Waals surface area contributed by atoms with E-state index in [0.29, 0.717) is 12.2 Å². The van der Waals surface area contributed by atoms with Crippen LogP contribution in [0.25, 0.3) is 0 Å². The van der Waals surface area contributed by atoms with E-state index in [-0.39, 0.29) is 16.8 Å². The molecule has 0 saturated carbocycles. The molecule has 0 fully saturated rings. The molecule has 0 aromatic heterocycles. The molecule has 2 atom stereocenters. The lowest BCUT2D eigenvalue weighted by Crippen LogP contribution is -2.33. The number of benzene rings is 1. The molecule has 1 rings (SSSR count). The second-order valence-electron chi connectivity index (χ2n) is 4.78. The maximum atomic E-state index is 12.1. The van der Waals surface area contributed by atoms with Crippen molar-refractivity contribution < 1.29 is 17.9 Å². The van der Waals surface area contributed by atoms with Gasteiger partial charge in [-0.25, -0.2) is 13.1 Å². The van der Waals surface area contributed by atoms with Crippen LogP contribution in [0.5, 0.6) is 5.75 Å². The predicted octanol–water partition coefficient (Wildman–Crippen LogP) is 1.28. The Kier molecular flexibility index (Phi) is 6.17. The third-order valence-corrected chi connectivity index (χ3v) is 4.64. The lowest BCUT2D eigenvalue weighted by atomic mass is 10.3. The molecular weight excluding hydrogens is 292 g/mol. The van der Waals surface area contributed by atoms with Crippen molar-refractivity contribution in [3.05, 3.63) is 24.3 Å². The van der Waals surface area contributed by atoms with Gasteiger partial charge in [-0.15, -0.1) is 0 Å². The molecule has 0 aliphatic heterocycles. The molecule has 1 aromatic carbocycles. The fourth-order valence-electron chi connectivity index (χ4n) is 1.57. The van der Waals surface area contributed by atoms with Gasteiger partial charge in [-0.1, -0.05) is 6.92 Å². The van der Waals surface area contributed by atoms with Crippen LogP contribution >= 0.6 is 0 Å². The Morgan fingerprint density at radius 2 is 1.81 bits per heavy atom. The van der Waals surface area contributed by atoms with Crippen LogP contribution in [0.2, 0.25) is 0 Å². The summed E-state index contributed by atoms with van der Waals surface area (Å²) in [4.78, 5) is 11.5. The highest BCUT2D eigenvalue weighted by molar-refractivity contribution is 7.89. The molecule has 7 heteroatoms. The molecule has 0 aliphatic carbocycles. The van der Waals surface area contributed by atoms with Gasteiger partial charge in [-0.3, -0.25) is 4.79 Å². The van der Waals surface area contributed by atoms with Gasteiger partial charge in [-0.2, -0.15) is 0 Å². The fourth-order valence-corrected chi connectivity index (χ4v) is 2.90. The van der Waals surface area contributed by atoms with Gasteiger partial charge >= 0.3 is 0 Å². The normalized spacial score (nSPS) is 14.3. The molecule has 6 nitrogen and oxygen atoms in total. The second-order valence-corrected chi connectivity index (χ2v) is 6.49. The first-order valence-electron chi connectivity index (χ1n) is 6.80. The summed E-state index contributed by atoms with van der Waals surface area (Å²) in [7, 11) is -2.00. The largest absolute Gasteiger partial charge is 0.481 e. The van der Waals surface area contributed by atoms with E-state index in [2.05, 4.69) is 10.0 Å². The number of ether oxygens (including phenoxy) is 1. The zero-order valence-corrected chi connectivity index (χ0v) is 13.5. The summed E-state index contributed by atoms with van der Waals surface area (Å²) in [5.74, 6) is 0.193. The summed E-state index contributed by atoms with van der Waals surface area (Å²) in [5, 5.41) is 2.48. The van der Waals surface area contributed by atoms with Gasteiger partial charge in [0.2, 0.25) is 10.0 Å². The Labute approximate surface area is 125 Å². The first-order valence-corrected chi connectivity index (χ1v) is 8.29. The Balaban J connectivity index is 2.80. The van der Waals surface area contributed by atoms with E-state index in [4.69, 9.17) is 4.74 Å². The zero-order valence-electron chi connectivity index (χ0n) is 12.7. The highest BCUT2D eigenvalue weighted by Crippen LogP contribution is 2.17. The molecule has 0 heterocycles. The van der Waals surface area contributed by atoms with E-state index in [1.54, 1.807) is 13.8 Å². The van der Waals surface area contributed by atoms with E-state index in [0.717, 1.165) is 0 Å². The average Bonchev–Trinajstić information content (AvgIpc) is 2.46. The van der Waals surface area contributed by atoms with Crippen molar-refractivity contribution in [3.8, 4) is 5.75 Å². The van der Waals surface area contributed by atoms with Gasteiger partial charge in [0.1, 0.15) is 5.75 Å². The van der Waals surface area contributed by atoms with Crippen LogP contribution < -0.4 is 14.8 Å². The van der Waals surface area contributed by atoms with Crippen molar-refractivity contribution in [2.45, 2.75) is 44.2 Å². The number of carbonyl (C=O) groups excluding carboxylic acids is 1. The molecule has 1 amide bonds. The number of likely N-dealkylation sites (N-methyl/N-ethyl adjacent to an activating group) is 1. The van der Waals surface area contributed by atoms with E-state index in [1.807, 2.05) is 6.92 Å². The zero-order chi connectivity index (χ0) is 16.0. The summed E-state index contributed by atoms with van der Waals surface area (Å²) in [6.45, 7) is 5.33. The minimum Gasteiger partial charge on any atom is -0.481 e. The quantitative estimate of drug-likeness (QED) is 0.794. The first kappa shape index (κ1) is 17.5. The van der Waals surface area contributed by atoms with Crippen molar-refractivity contribution in [1.82, 2.24) is 10.0 Å². The average molecular weight is 314 g/mol. The Hall–Kier alpha value is -1.60. The summed E-state index contributed by atoms with van der Waals surface area (Å²) in [6.07, 6.45) is 0.0695. The predicted molar refractivity (Wildman–Crippen MR) is 80.7 cm³/mol. The molecule has 0 bridgehead atoms. The van der Waals surface area contributed by atoms with Crippen LogP contribution in [-0.4, -0.2) is 33.5 Å². The van der Waals surface area contributed by atoms with Gasteiger partial charge in [0.25, 0.3) is 5.91 Å². The van der Waals surface area contributed by atoms with E-state index >= 15 is 0 Å². The molecule has 21 heavy (non-hydrogen) atoms. The number of amides is 1. The van der Waals surface area contributed by atoms with Crippen molar-refractivity contribution >= 4 is 15.9 Å². The Morgan fingerprint density at radius 1 is 1.24 bits per heavy atom. The number of sulfonamides is 1. The summed E-state index contributed by atoms with van der Waals surface area (Å²) < 4.78 is 32.1. The van der Waals surface area contributed by atoms with Crippen molar-refractivity contribution in [2.24, 2.45) is 0 Å². The van der Waals surface area contributed by atoms with Crippen molar-refractivity contribution in [2.75, 3.05) is 7.05 Å². The smallest absolute Gasteiger partial charge is 0.260 e. The van der Waals surface area contributed by atoms with Crippen LogP contribution in [0.1, 0.15) is 27.2 Å². The highest BCUT2D eigenvalue weighted by atomic mass is 32.2. The van der Waals surface area contributed by atoms with Crippen molar-refractivity contribution in [1.29, 1.82) is 0 Å². The van der Waals surface area contributed by atoms with Crippen LogP contribution in [0.3, 0.4) is 0 Å². The monoisotopic (exact) mass is 314 g/mol. The molecule has 0 unspecified atom stereocenters. The van der Waals surface area contributed by atoms with E-state index < -0.39 is 16.1 Å². The SMILES string of the molecule is CC[C@@H](C)NS(=O)(=O)c1ccc(O[C@H](C)C(=O)NC)cc1. The maximum Gasteiger partial charge on any atom is 0.260 e. The molecule has 0 saturated heterocycles. The first-order chi connectivity index (χ1) is 9.80. The van der Waals surface area contributed by atoms with Crippen LogP contribution in [0.15, 0.2) is 29.2 Å². The minimum absolute atomic E-state index is 0.126. The summed E-state index contributed by atoms with van der Waals surface area (Å²) >= 11 is 0. The third-order valence-electron chi connectivity index (χ3n) is 3.03. The van der Waals surface area contributed by atoms with Crippen LogP contribution in [-0.2, 0) is 14.8 Å². The minimum atomic E-state index is -3.52. The van der Waals surface area contributed by atoms with Gasteiger partial charge in [-0.05, 0) is 44.5 Å². The van der Waals surface area contributed by atoms with E-state index in [9.17, 15) is 13.2 Å². The molecule has 0 spiro atoms. The number of carbonyl (C=O) groups is 1. The molecule has 0 aliphatic rings. The van der Waals surface area contributed by atoms with Crippen LogP contribution in [0, 0.1) is 0 Å². The molecule has 118 valence electrons. The molecule has 0 radical (unpaired) electrons. The van der Waals surface area contributed by atoms with Gasteiger partial charge in [0, 0.05) is 13.1 Å². The van der Waals surface area contributed by atoms with Crippen molar-refractivity contribution in [3.63, 3.8) is 0 Å². The molecule has 2 N–H and O–H groups in total. The van der Waals surface area contributed by atoms with E-state index in [1.165, 1.54) is 31.3 Å².